The number of nitrogens with zero attached hydrogens (tertiary/aromatic N) is 1. The van der Waals surface area contributed by atoms with Crippen molar-refractivity contribution >= 4 is 17.8 Å². The predicted octanol–water partition coefficient (Wildman–Crippen LogP) is 3.14. The average molecular weight is 429 g/mol. The largest absolute Gasteiger partial charge is 0.467 e. The molecule has 0 aromatic heterocycles. The van der Waals surface area contributed by atoms with Crippen LogP contribution < -0.4 is 0 Å². The number of carbonyl (C=O) groups is 3. The fourth-order valence-electron chi connectivity index (χ4n) is 4.32. The first-order valence-corrected chi connectivity index (χ1v) is 9.89. The van der Waals surface area contributed by atoms with E-state index in [9.17, 15) is 23.2 Å². The number of alkyl halides is 2. The molecule has 2 aromatic carbocycles. The molecule has 6 nitrogen and oxygen atoms in total. The number of benzene rings is 2. The van der Waals surface area contributed by atoms with E-state index in [1.54, 1.807) is 0 Å². The first-order valence-electron chi connectivity index (χ1n) is 9.89. The Kier molecular flexibility index (Phi) is 5.47. The first-order chi connectivity index (χ1) is 14.8. The Hall–Kier alpha value is -3.29. The van der Waals surface area contributed by atoms with E-state index in [1.165, 1.54) is 0 Å². The molecule has 162 valence electrons. The van der Waals surface area contributed by atoms with Crippen LogP contribution in [0.5, 0.6) is 0 Å². The quantitative estimate of drug-likeness (QED) is 0.539. The zero-order chi connectivity index (χ0) is 22.2. The second-order valence-corrected chi connectivity index (χ2v) is 7.71. The van der Waals surface area contributed by atoms with Crippen LogP contribution in [-0.4, -0.2) is 55.0 Å². The van der Waals surface area contributed by atoms with Gasteiger partial charge < -0.3 is 14.4 Å². The van der Waals surface area contributed by atoms with Crippen LogP contribution in [0.15, 0.2) is 48.5 Å². The first kappa shape index (κ1) is 21.0. The maximum absolute atomic E-state index is 13.8. The lowest BCUT2D eigenvalue weighted by Gasteiger charge is -2.21. The van der Waals surface area contributed by atoms with Gasteiger partial charge in [-0.25, -0.2) is 13.6 Å². The topological polar surface area (TPSA) is 72.9 Å². The molecule has 2 aliphatic rings. The van der Waals surface area contributed by atoms with E-state index >= 15 is 0 Å². The van der Waals surface area contributed by atoms with Gasteiger partial charge in [-0.1, -0.05) is 48.5 Å². The van der Waals surface area contributed by atoms with Crippen LogP contribution in [-0.2, 0) is 23.9 Å². The van der Waals surface area contributed by atoms with Gasteiger partial charge in [-0.3, -0.25) is 9.59 Å². The Labute approximate surface area is 177 Å². The van der Waals surface area contributed by atoms with Crippen molar-refractivity contribution in [2.45, 2.75) is 30.7 Å². The molecule has 0 saturated carbocycles. The molecule has 0 spiro atoms. The van der Waals surface area contributed by atoms with Gasteiger partial charge >= 0.3 is 11.9 Å². The Morgan fingerprint density at radius 1 is 1.03 bits per heavy atom. The highest BCUT2D eigenvalue weighted by Gasteiger charge is 2.50. The van der Waals surface area contributed by atoms with Crippen LogP contribution in [0.3, 0.4) is 0 Å². The lowest BCUT2D eigenvalue weighted by atomic mass is 9.98. The smallest absolute Gasteiger partial charge is 0.328 e. The summed E-state index contributed by atoms with van der Waals surface area (Å²) >= 11 is 0. The summed E-state index contributed by atoms with van der Waals surface area (Å²) in [5.41, 5.74) is 4.17. The molecule has 1 atom stereocenters. The SMILES string of the molecule is COC(=O)C1CC(F)(F)CN1C(=O)CC(=O)OCC1c2ccccc2-c2ccccc21. The molecule has 1 fully saturated rings. The monoisotopic (exact) mass is 429 g/mol. The number of likely N-dealkylation sites (tertiary alicyclic amines) is 1. The van der Waals surface area contributed by atoms with E-state index in [2.05, 4.69) is 4.74 Å². The maximum Gasteiger partial charge on any atom is 0.328 e. The number of methoxy groups -OCH3 is 1. The summed E-state index contributed by atoms with van der Waals surface area (Å²) in [6, 6.07) is 14.2. The molecule has 1 heterocycles. The minimum atomic E-state index is -3.21. The van der Waals surface area contributed by atoms with Gasteiger partial charge in [0.25, 0.3) is 5.92 Å². The van der Waals surface area contributed by atoms with Crippen molar-refractivity contribution in [1.29, 1.82) is 0 Å². The van der Waals surface area contributed by atoms with Crippen molar-refractivity contribution in [2.24, 2.45) is 0 Å². The molecule has 1 aliphatic heterocycles. The molecule has 1 amide bonds. The third-order valence-electron chi connectivity index (χ3n) is 5.73. The lowest BCUT2D eigenvalue weighted by molar-refractivity contribution is -0.155. The second-order valence-electron chi connectivity index (χ2n) is 7.71. The number of rotatable bonds is 5. The summed E-state index contributed by atoms with van der Waals surface area (Å²) in [4.78, 5) is 37.2. The summed E-state index contributed by atoms with van der Waals surface area (Å²) in [6.07, 6.45) is -1.55. The third-order valence-corrected chi connectivity index (χ3v) is 5.73. The molecule has 2 aromatic rings. The minimum Gasteiger partial charge on any atom is -0.467 e. The summed E-state index contributed by atoms with van der Waals surface area (Å²) in [6.45, 7) is -0.904. The van der Waals surface area contributed by atoms with E-state index in [0.29, 0.717) is 4.90 Å². The van der Waals surface area contributed by atoms with E-state index < -0.39 is 49.2 Å². The Morgan fingerprint density at radius 3 is 2.19 bits per heavy atom. The van der Waals surface area contributed by atoms with Crippen LogP contribution in [0.4, 0.5) is 8.78 Å². The highest BCUT2D eigenvalue weighted by atomic mass is 19.3. The van der Waals surface area contributed by atoms with Crippen molar-refractivity contribution in [2.75, 3.05) is 20.3 Å². The molecule has 4 rings (SSSR count). The summed E-state index contributed by atoms with van der Waals surface area (Å²) in [5.74, 6) is -6.03. The van der Waals surface area contributed by atoms with Gasteiger partial charge in [0, 0.05) is 12.3 Å². The van der Waals surface area contributed by atoms with Crippen LogP contribution in [0.2, 0.25) is 0 Å². The zero-order valence-corrected chi connectivity index (χ0v) is 16.8. The van der Waals surface area contributed by atoms with Crippen molar-refractivity contribution in [3.8, 4) is 11.1 Å². The fourth-order valence-corrected chi connectivity index (χ4v) is 4.32. The van der Waals surface area contributed by atoms with Gasteiger partial charge in [-0.05, 0) is 22.3 Å². The fraction of sp³-hybridized carbons (Fsp3) is 0.348. The molecule has 8 heteroatoms. The molecule has 0 bridgehead atoms. The molecule has 0 N–H and O–H groups in total. The Balaban J connectivity index is 1.42. The van der Waals surface area contributed by atoms with Gasteiger partial charge in [0.1, 0.15) is 19.1 Å². The molecule has 1 saturated heterocycles. The highest BCUT2D eigenvalue weighted by molar-refractivity contribution is 5.96. The molecular formula is C23H21F2NO5. The van der Waals surface area contributed by atoms with Crippen molar-refractivity contribution < 1.29 is 32.6 Å². The number of esters is 2. The lowest BCUT2D eigenvalue weighted by Crippen LogP contribution is -2.42. The average Bonchev–Trinajstić information content (AvgIpc) is 3.26. The molecule has 31 heavy (non-hydrogen) atoms. The number of fused-ring (bicyclic) bond motifs is 3. The van der Waals surface area contributed by atoms with Crippen LogP contribution >= 0.6 is 0 Å². The summed E-state index contributed by atoms with van der Waals surface area (Å²) < 4.78 is 37.4. The third kappa shape index (κ3) is 4.02. The van der Waals surface area contributed by atoms with Crippen molar-refractivity contribution in [1.82, 2.24) is 4.90 Å². The van der Waals surface area contributed by atoms with Gasteiger partial charge in [-0.15, -0.1) is 0 Å². The summed E-state index contributed by atoms with van der Waals surface area (Å²) in [5, 5.41) is 0. The predicted molar refractivity (Wildman–Crippen MR) is 106 cm³/mol. The van der Waals surface area contributed by atoms with Gasteiger partial charge in [0.05, 0.1) is 13.7 Å². The van der Waals surface area contributed by atoms with E-state index in [-0.39, 0.29) is 12.5 Å². The number of halogens is 2. The molecule has 1 aliphatic carbocycles. The summed E-state index contributed by atoms with van der Waals surface area (Å²) in [7, 11) is 1.06. The zero-order valence-electron chi connectivity index (χ0n) is 16.8. The van der Waals surface area contributed by atoms with Gasteiger partial charge in [0.2, 0.25) is 5.91 Å². The van der Waals surface area contributed by atoms with Gasteiger partial charge in [-0.2, -0.15) is 0 Å². The number of hydrogen-bond acceptors (Lipinski definition) is 5. The maximum atomic E-state index is 13.8. The van der Waals surface area contributed by atoms with E-state index in [0.717, 1.165) is 29.4 Å². The number of carbonyl (C=O) groups excluding carboxylic acids is 3. The van der Waals surface area contributed by atoms with Crippen LogP contribution in [0.25, 0.3) is 11.1 Å². The van der Waals surface area contributed by atoms with E-state index in [1.807, 2.05) is 48.5 Å². The second kappa shape index (κ2) is 8.09. The molecule has 0 radical (unpaired) electrons. The van der Waals surface area contributed by atoms with Crippen molar-refractivity contribution in [3.05, 3.63) is 59.7 Å². The highest BCUT2D eigenvalue weighted by Crippen LogP contribution is 2.44. The number of amides is 1. The minimum absolute atomic E-state index is 0.0245. The number of hydrogen-bond donors (Lipinski definition) is 0. The molecular weight excluding hydrogens is 408 g/mol. The number of ether oxygens (including phenoxy) is 2. The Morgan fingerprint density at radius 2 is 1.61 bits per heavy atom. The normalized spacial score (nSPS) is 18.9. The van der Waals surface area contributed by atoms with Crippen molar-refractivity contribution in [3.63, 3.8) is 0 Å². The molecule has 1 unspecified atom stereocenters. The van der Waals surface area contributed by atoms with Crippen LogP contribution in [0, 0.1) is 0 Å². The Bertz CT molecular complexity index is 993. The van der Waals surface area contributed by atoms with Gasteiger partial charge in [0.15, 0.2) is 0 Å². The van der Waals surface area contributed by atoms with E-state index in [4.69, 9.17) is 4.74 Å². The van der Waals surface area contributed by atoms with Crippen LogP contribution in [0.1, 0.15) is 29.9 Å². The standard InChI is InChI=1S/C23H21F2NO5/c1-30-22(29)19-11-23(24,25)13-26(19)20(27)10-21(28)31-12-18-16-8-4-2-6-14(16)15-7-3-5-9-17(15)18/h2-9,18-19H,10-13H2,1H3.